The van der Waals surface area contributed by atoms with Gasteiger partial charge in [-0.1, -0.05) is 41.9 Å². The molecule has 0 unspecified atom stereocenters. The number of halogens is 1. The zero-order chi connectivity index (χ0) is 19.3. The van der Waals surface area contributed by atoms with Crippen LogP contribution >= 0.6 is 34.7 Å². The predicted octanol–water partition coefficient (Wildman–Crippen LogP) is 6.49. The van der Waals surface area contributed by atoms with Crippen molar-refractivity contribution in [1.82, 2.24) is 4.98 Å². The smallest absolute Gasteiger partial charge is 0.234 e. The fourth-order valence-corrected chi connectivity index (χ4v) is 4.84. The lowest BCUT2D eigenvalue weighted by Crippen LogP contribution is -2.14. The van der Waals surface area contributed by atoms with E-state index in [2.05, 4.69) is 16.4 Å². The number of carbonyl (C=O) groups excluding carboxylic acids is 1. The number of rotatable bonds is 6. The van der Waals surface area contributed by atoms with Gasteiger partial charge < -0.3 is 5.32 Å². The lowest BCUT2D eigenvalue weighted by Gasteiger charge is -2.07. The molecule has 28 heavy (non-hydrogen) atoms. The molecule has 3 aromatic carbocycles. The van der Waals surface area contributed by atoms with Gasteiger partial charge in [-0.3, -0.25) is 4.79 Å². The molecule has 1 aromatic heterocycles. The minimum Gasteiger partial charge on any atom is -0.325 e. The van der Waals surface area contributed by atoms with Gasteiger partial charge in [0.1, 0.15) is 5.01 Å². The van der Waals surface area contributed by atoms with E-state index in [1.807, 2.05) is 66.7 Å². The summed E-state index contributed by atoms with van der Waals surface area (Å²) in [5.41, 5.74) is 3.89. The van der Waals surface area contributed by atoms with Crippen molar-refractivity contribution in [3.05, 3.63) is 83.4 Å². The molecule has 1 heterocycles. The second-order valence-corrected chi connectivity index (χ2v) is 8.62. The third kappa shape index (κ3) is 4.55. The highest BCUT2D eigenvalue weighted by Crippen LogP contribution is 2.30. The summed E-state index contributed by atoms with van der Waals surface area (Å²) in [6.45, 7) is 0. The van der Waals surface area contributed by atoms with E-state index in [0.717, 1.165) is 32.4 Å². The van der Waals surface area contributed by atoms with Gasteiger partial charge in [-0.2, -0.15) is 0 Å². The van der Waals surface area contributed by atoms with E-state index in [9.17, 15) is 4.79 Å². The molecule has 0 spiro atoms. The molecule has 3 nitrogen and oxygen atoms in total. The zero-order valence-electron chi connectivity index (χ0n) is 14.9. The summed E-state index contributed by atoms with van der Waals surface area (Å²) in [5.74, 6) is 1.07. The Morgan fingerprint density at radius 1 is 1.00 bits per heavy atom. The molecule has 0 aliphatic rings. The number of nitrogens with zero attached hydrogens (tertiary/aromatic N) is 1. The molecule has 0 fully saturated rings. The molecule has 140 valence electrons. The fraction of sp³-hybridized carbons (Fsp3) is 0.0909. The summed E-state index contributed by atoms with van der Waals surface area (Å²) in [6.07, 6.45) is 0. The monoisotopic (exact) mass is 424 g/mol. The van der Waals surface area contributed by atoms with E-state index in [4.69, 9.17) is 11.6 Å². The summed E-state index contributed by atoms with van der Waals surface area (Å²) < 4.78 is 1.17. The van der Waals surface area contributed by atoms with Gasteiger partial charge in [0.05, 0.1) is 16.0 Å². The highest BCUT2D eigenvalue weighted by atomic mass is 35.5. The Morgan fingerprint density at radius 3 is 2.54 bits per heavy atom. The van der Waals surface area contributed by atoms with E-state index < -0.39 is 0 Å². The number of carbonyl (C=O) groups is 1. The Bertz CT molecular complexity index is 1080. The van der Waals surface area contributed by atoms with Crippen LogP contribution in [-0.2, 0) is 10.5 Å². The van der Waals surface area contributed by atoms with Crippen molar-refractivity contribution in [3.8, 4) is 10.6 Å². The third-order valence-electron chi connectivity index (χ3n) is 4.16. The van der Waals surface area contributed by atoms with Crippen LogP contribution in [0.3, 0.4) is 0 Å². The van der Waals surface area contributed by atoms with Crippen LogP contribution in [0, 0.1) is 0 Å². The first-order valence-corrected chi connectivity index (χ1v) is 11.1. The van der Waals surface area contributed by atoms with Crippen LogP contribution in [0.5, 0.6) is 0 Å². The van der Waals surface area contributed by atoms with Gasteiger partial charge in [-0.05, 0) is 48.0 Å². The van der Waals surface area contributed by atoms with Crippen molar-refractivity contribution >= 4 is 56.5 Å². The van der Waals surface area contributed by atoms with Crippen LogP contribution in [0.4, 0.5) is 5.69 Å². The van der Waals surface area contributed by atoms with Gasteiger partial charge >= 0.3 is 0 Å². The van der Waals surface area contributed by atoms with Gasteiger partial charge in [0.15, 0.2) is 0 Å². The minimum atomic E-state index is -0.0233. The van der Waals surface area contributed by atoms with Gasteiger partial charge in [-0.25, -0.2) is 4.98 Å². The quantitative estimate of drug-likeness (QED) is 0.384. The van der Waals surface area contributed by atoms with E-state index >= 15 is 0 Å². The first-order chi connectivity index (χ1) is 13.7. The molecule has 4 rings (SSSR count). The first kappa shape index (κ1) is 19.0. The maximum atomic E-state index is 12.2. The molecule has 6 heteroatoms. The summed E-state index contributed by atoms with van der Waals surface area (Å²) in [7, 11) is 0. The zero-order valence-corrected chi connectivity index (χ0v) is 17.3. The molecule has 1 N–H and O–H groups in total. The second-order valence-electron chi connectivity index (χ2n) is 6.20. The predicted molar refractivity (Wildman–Crippen MR) is 121 cm³/mol. The summed E-state index contributed by atoms with van der Waals surface area (Å²) >= 11 is 9.36. The highest BCUT2D eigenvalue weighted by molar-refractivity contribution is 7.99. The van der Waals surface area contributed by atoms with Crippen molar-refractivity contribution in [2.24, 2.45) is 0 Å². The number of thiazole rings is 1. The number of amides is 1. The summed E-state index contributed by atoms with van der Waals surface area (Å²) in [5, 5.41) is 4.66. The molecule has 1 amide bonds. The maximum absolute atomic E-state index is 12.2. The van der Waals surface area contributed by atoms with E-state index in [1.165, 1.54) is 4.70 Å². The Labute approximate surface area is 176 Å². The topological polar surface area (TPSA) is 42.0 Å². The molecule has 4 aromatic rings. The average Bonchev–Trinajstić information content (AvgIpc) is 3.14. The van der Waals surface area contributed by atoms with E-state index in [-0.39, 0.29) is 5.91 Å². The van der Waals surface area contributed by atoms with E-state index in [1.54, 1.807) is 23.1 Å². The van der Waals surface area contributed by atoms with E-state index in [0.29, 0.717) is 11.5 Å². The van der Waals surface area contributed by atoms with Crippen molar-refractivity contribution < 1.29 is 4.79 Å². The summed E-state index contributed by atoms with van der Waals surface area (Å²) in [4.78, 5) is 16.9. The molecule has 0 atom stereocenters. The SMILES string of the molecule is O=C(CSCc1ccccc1Cl)Nc1ccc(-c2nc3ccccc3s2)cc1. The molecular formula is C22H17ClN2OS2. The van der Waals surface area contributed by atoms with Crippen molar-refractivity contribution in [2.45, 2.75) is 5.75 Å². The van der Waals surface area contributed by atoms with Crippen molar-refractivity contribution in [2.75, 3.05) is 11.1 Å². The Kier molecular flexibility index (Phi) is 5.95. The van der Waals surface area contributed by atoms with Crippen LogP contribution < -0.4 is 5.32 Å². The van der Waals surface area contributed by atoms with Crippen molar-refractivity contribution in [1.29, 1.82) is 0 Å². The lowest BCUT2D eigenvalue weighted by molar-refractivity contribution is -0.113. The Morgan fingerprint density at radius 2 is 1.75 bits per heavy atom. The van der Waals surface area contributed by atoms with Gasteiger partial charge in [0, 0.05) is 22.0 Å². The van der Waals surface area contributed by atoms with Crippen LogP contribution in [0.15, 0.2) is 72.8 Å². The number of nitrogens with one attached hydrogen (secondary N) is 1. The molecule has 0 bridgehead atoms. The largest absolute Gasteiger partial charge is 0.325 e. The van der Waals surface area contributed by atoms with Crippen LogP contribution in [0.1, 0.15) is 5.56 Å². The summed E-state index contributed by atoms with van der Waals surface area (Å²) in [6, 6.07) is 23.6. The molecular weight excluding hydrogens is 408 g/mol. The van der Waals surface area contributed by atoms with Gasteiger partial charge in [0.2, 0.25) is 5.91 Å². The second kappa shape index (κ2) is 8.78. The van der Waals surface area contributed by atoms with Gasteiger partial charge in [-0.15, -0.1) is 23.1 Å². The van der Waals surface area contributed by atoms with Crippen LogP contribution in [0.2, 0.25) is 5.02 Å². The molecule has 0 saturated carbocycles. The molecule has 0 saturated heterocycles. The van der Waals surface area contributed by atoms with Gasteiger partial charge in [0.25, 0.3) is 0 Å². The maximum Gasteiger partial charge on any atom is 0.234 e. The van der Waals surface area contributed by atoms with Crippen LogP contribution in [-0.4, -0.2) is 16.6 Å². The van der Waals surface area contributed by atoms with Crippen LogP contribution in [0.25, 0.3) is 20.8 Å². The first-order valence-electron chi connectivity index (χ1n) is 8.76. The fourth-order valence-electron chi connectivity index (χ4n) is 2.76. The third-order valence-corrected chi connectivity index (χ3v) is 6.59. The Hall–Kier alpha value is -2.34. The van der Waals surface area contributed by atoms with Crippen molar-refractivity contribution in [3.63, 3.8) is 0 Å². The number of fused-ring (bicyclic) bond motifs is 1. The number of para-hydroxylation sites is 1. The minimum absolute atomic E-state index is 0.0233. The number of hydrogen-bond acceptors (Lipinski definition) is 4. The number of benzene rings is 3. The molecule has 0 aliphatic carbocycles. The average molecular weight is 425 g/mol. The highest BCUT2D eigenvalue weighted by Gasteiger charge is 2.08. The normalized spacial score (nSPS) is 10.9. The number of hydrogen-bond donors (Lipinski definition) is 1. The number of aromatic nitrogens is 1. The number of anilines is 1. The number of thioether (sulfide) groups is 1. The standard InChI is InChI=1S/C22H17ClN2OS2/c23-18-6-2-1-5-16(18)13-27-14-21(26)24-17-11-9-15(10-12-17)22-25-19-7-3-4-8-20(19)28-22/h1-12H,13-14H2,(H,24,26). The molecule has 0 radical (unpaired) electrons. The lowest BCUT2D eigenvalue weighted by atomic mass is 10.2. The molecule has 0 aliphatic heterocycles. The Balaban J connectivity index is 1.33.